The standard InChI is InChI=1S/C10H12N4O/c1-7(6-11)14-10(15)5-9-8(13-14)3-2-4-12-9/h5,7,12H,2-4H2,1H3. The molecule has 1 unspecified atom stereocenters. The first-order chi connectivity index (χ1) is 7.22. The highest BCUT2D eigenvalue weighted by molar-refractivity contribution is 5.48. The van der Waals surface area contributed by atoms with Gasteiger partial charge in [-0.05, 0) is 19.8 Å². The molecule has 0 saturated heterocycles. The van der Waals surface area contributed by atoms with E-state index in [0.717, 1.165) is 30.8 Å². The fourth-order valence-electron chi connectivity index (χ4n) is 1.65. The quantitative estimate of drug-likeness (QED) is 0.730. The number of aromatic nitrogens is 2. The number of nitriles is 1. The minimum absolute atomic E-state index is 0.225. The average molecular weight is 204 g/mol. The molecule has 1 aliphatic heterocycles. The summed E-state index contributed by atoms with van der Waals surface area (Å²) in [6.45, 7) is 2.54. The zero-order valence-electron chi connectivity index (χ0n) is 8.53. The van der Waals surface area contributed by atoms with Gasteiger partial charge in [0, 0.05) is 12.6 Å². The average Bonchev–Trinajstić information content (AvgIpc) is 2.27. The molecule has 0 spiro atoms. The topological polar surface area (TPSA) is 70.7 Å². The van der Waals surface area contributed by atoms with Crippen LogP contribution in [0.25, 0.3) is 0 Å². The zero-order valence-corrected chi connectivity index (χ0v) is 8.53. The lowest BCUT2D eigenvalue weighted by Crippen LogP contribution is -2.28. The summed E-state index contributed by atoms with van der Waals surface area (Å²) >= 11 is 0. The van der Waals surface area contributed by atoms with Gasteiger partial charge >= 0.3 is 0 Å². The largest absolute Gasteiger partial charge is 0.383 e. The van der Waals surface area contributed by atoms with Gasteiger partial charge in [-0.3, -0.25) is 4.79 Å². The molecule has 0 saturated carbocycles. The van der Waals surface area contributed by atoms with Crippen LogP contribution in [0.3, 0.4) is 0 Å². The lowest BCUT2D eigenvalue weighted by atomic mass is 10.1. The van der Waals surface area contributed by atoms with Crippen molar-refractivity contribution in [1.82, 2.24) is 9.78 Å². The Bertz CT molecular complexity index is 471. The molecule has 5 heteroatoms. The third-order valence-electron chi connectivity index (χ3n) is 2.49. The van der Waals surface area contributed by atoms with Crippen LogP contribution in [0.15, 0.2) is 10.9 Å². The van der Waals surface area contributed by atoms with Crippen LogP contribution in [0.1, 0.15) is 25.1 Å². The lowest BCUT2D eigenvalue weighted by molar-refractivity contribution is 0.538. The molecule has 2 rings (SSSR count). The van der Waals surface area contributed by atoms with Crippen LogP contribution < -0.4 is 10.9 Å². The van der Waals surface area contributed by atoms with Crippen molar-refractivity contribution in [3.63, 3.8) is 0 Å². The highest BCUT2D eigenvalue weighted by Gasteiger charge is 2.14. The van der Waals surface area contributed by atoms with Gasteiger partial charge in [0.25, 0.3) is 5.56 Å². The summed E-state index contributed by atoms with van der Waals surface area (Å²) in [4.78, 5) is 11.6. The fourth-order valence-corrected chi connectivity index (χ4v) is 1.65. The number of hydrogen-bond donors (Lipinski definition) is 1. The fraction of sp³-hybridized carbons (Fsp3) is 0.500. The Labute approximate surface area is 87.3 Å². The minimum Gasteiger partial charge on any atom is -0.383 e. The number of rotatable bonds is 1. The number of nitrogens with one attached hydrogen (secondary N) is 1. The van der Waals surface area contributed by atoms with E-state index in [2.05, 4.69) is 10.4 Å². The molecule has 5 nitrogen and oxygen atoms in total. The van der Waals surface area contributed by atoms with E-state index in [4.69, 9.17) is 5.26 Å². The molecule has 0 amide bonds. The molecule has 0 fully saturated rings. The molecule has 0 bridgehead atoms. The van der Waals surface area contributed by atoms with Crippen molar-refractivity contribution < 1.29 is 0 Å². The van der Waals surface area contributed by atoms with E-state index < -0.39 is 6.04 Å². The van der Waals surface area contributed by atoms with Crippen molar-refractivity contribution in [1.29, 1.82) is 5.26 Å². The van der Waals surface area contributed by atoms with Crippen molar-refractivity contribution in [2.45, 2.75) is 25.8 Å². The van der Waals surface area contributed by atoms with E-state index >= 15 is 0 Å². The van der Waals surface area contributed by atoms with E-state index in [1.54, 1.807) is 6.92 Å². The Morgan fingerprint density at radius 3 is 3.27 bits per heavy atom. The highest BCUT2D eigenvalue weighted by atomic mass is 16.1. The monoisotopic (exact) mass is 204 g/mol. The minimum atomic E-state index is -0.510. The Hall–Kier alpha value is -1.83. The summed E-state index contributed by atoms with van der Waals surface area (Å²) in [5.41, 5.74) is 1.47. The molecule has 78 valence electrons. The highest BCUT2D eigenvalue weighted by Crippen LogP contribution is 2.17. The lowest BCUT2D eigenvalue weighted by Gasteiger charge is -2.18. The maximum absolute atomic E-state index is 11.6. The van der Waals surface area contributed by atoms with Crippen molar-refractivity contribution in [3.8, 4) is 6.07 Å². The van der Waals surface area contributed by atoms with E-state index in [0.29, 0.717) is 0 Å². The third-order valence-corrected chi connectivity index (χ3v) is 2.49. The van der Waals surface area contributed by atoms with Gasteiger partial charge in [0.1, 0.15) is 6.04 Å². The molecule has 0 aliphatic carbocycles. The second-order valence-corrected chi connectivity index (χ2v) is 3.62. The normalized spacial score (nSPS) is 16.0. The van der Waals surface area contributed by atoms with Gasteiger partial charge in [0.2, 0.25) is 0 Å². The van der Waals surface area contributed by atoms with Crippen LogP contribution in [-0.2, 0) is 6.42 Å². The zero-order chi connectivity index (χ0) is 10.8. The molecular weight excluding hydrogens is 192 g/mol. The summed E-state index contributed by atoms with van der Waals surface area (Å²) in [5, 5.41) is 16.1. The summed E-state index contributed by atoms with van der Waals surface area (Å²) < 4.78 is 1.24. The van der Waals surface area contributed by atoms with Gasteiger partial charge in [-0.15, -0.1) is 0 Å². The molecule has 1 aromatic heterocycles. The van der Waals surface area contributed by atoms with E-state index in [1.807, 2.05) is 6.07 Å². The first-order valence-electron chi connectivity index (χ1n) is 4.98. The van der Waals surface area contributed by atoms with Gasteiger partial charge in [-0.2, -0.15) is 10.4 Å². The second-order valence-electron chi connectivity index (χ2n) is 3.62. The van der Waals surface area contributed by atoms with Gasteiger partial charge < -0.3 is 5.32 Å². The summed E-state index contributed by atoms with van der Waals surface area (Å²) in [6, 6.07) is 3.02. The van der Waals surface area contributed by atoms with Gasteiger partial charge in [-0.25, -0.2) is 4.68 Å². The maximum atomic E-state index is 11.6. The van der Waals surface area contributed by atoms with E-state index in [1.165, 1.54) is 10.7 Å². The number of nitrogens with zero attached hydrogens (tertiary/aromatic N) is 3. The SMILES string of the molecule is CC(C#N)n1nc2c(cc1=O)NCCC2. The van der Waals surface area contributed by atoms with Crippen LogP contribution in [-0.4, -0.2) is 16.3 Å². The van der Waals surface area contributed by atoms with E-state index in [9.17, 15) is 4.79 Å². The molecule has 1 aliphatic rings. The van der Waals surface area contributed by atoms with Gasteiger partial charge in [-0.1, -0.05) is 0 Å². The predicted molar refractivity (Wildman–Crippen MR) is 55.6 cm³/mol. The summed E-state index contributed by atoms with van der Waals surface area (Å²) in [5.74, 6) is 0. The maximum Gasteiger partial charge on any atom is 0.270 e. The molecule has 1 N–H and O–H groups in total. The van der Waals surface area contributed by atoms with Gasteiger partial charge in [0.15, 0.2) is 0 Å². The molecular formula is C10H12N4O. The van der Waals surface area contributed by atoms with Gasteiger partial charge in [0.05, 0.1) is 17.5 Å². The predicted octanol–water partition coefficient (Wildman–Crippen LogP) is 0.686. The number of aryl methyl sites for hydroxylation is 1. The Morgan fingerprint density at radius 2 is 2.53 bits per heavy atom. The van der Waals surface area contributed by atoms with Crippen molar-refractivity contribution in [3.05, 3.63) is 22.1 Å². The smallest absolute Gasteiger partial charge is 0.270 e. The molecule has 0 radical (unpaired) electrons. The second kappa shape index (κ2) is 3.73. The number of anilines is 1. The molecule has 0 aromatic carbocycles. The number of hydrogen-bond acceptors (Lipinski definition) is 4. The Balaban J connectivity index is 2.51. The van der Waals surface area contributed by atoms with Crippen LogP contribution in [0.4, 0.5) is 5.69 Å². The van der Waals surface area contributed by atoms with Crippen molar-refractivity contribution in [2.24, 2.45) is 0 Å². The first-order valence-corrected chi connectivity index (χ1v) is 4.98. The van der Waals surface area contributed by atoms with Crippen molar-refractivity contribution >= 4 is 5.69 Å². The van der Waals surface area contributed by atoms with Crippen LogP contribution in [0.5, 0.6) is 0 Å². The molecule has 1 atom stereocenters. The van der Waals surface area contributed by atoms with Crippen molar-refractivity contribution in [2.75, 3.05) is 11.9 Å². The molecule has 15 heavy (non-hydrogen) atoms. The molecule has 2 heterocycles. The van der Waals surface area contributed by atoms with Crippen LogP contribution in [0.2, 0.25) is 0 Å². The van der Waals surface area contributed by atoms with Crippen LogP contribution in [0, 0.1) is 11.3 Å². The summed E-state index contributed by atoms with van der Waals surface area (Å²) in [7, 11) is 0. The van der Waals surface area contributed by atoms with Crippen LogP contribution >= 0.6 is 0 Å². The number of fused-ring (bicyclic) bond motifs is 1. The Morgan fingerprint density at radius 1 is 1.73 bits per heavy atom. The first kappa shape index (κ1) is 9.71. The van der Waals surface area contributed by atoms with E-state index in [-0.39, 0.29) is 5.56 Å². The molecule has 1 aromatic rings. The third kappa shape index (κ3) is 1.71. The summed E-state index contributed by atoms with van der Waals surface area (Å²) in [6.07, 6.45) is 1.87. The Kier molecular flexibility index (Phi) is 2.42.